The van der Waals surface area contributed by atoms with E-state index >= 15 is 0 Å². The van der Waals surface area contributed by atoms with Gasteiger partial charge in [-0.15, -0.1) is 0 Å². The lowest BCUT2D eigenvalue weighted by atomic mass is 10.3. The summed E-state index contributed by atoms with van der Waals surface area (Å²) in [7, 11) is -3.90. The highest BCUT2D eigenvalue weighted by Gasteiger charge is 2.24. The molecular weight excluding hydrogens is 263 g/mol. The van der Waals surface area contributed by atoms with Crippen LogP contribution in [0.4, 0.5) is 10.1 Å². The van der Waals surface area contributed by atoms with Gasteiger partial charge in [0, 0.05) is 13.1 Å². The number of nitrogens with zero attached hydrogens (tertiary/aromatic N) is 1. The molecule has 0 unspecified atom stereocenters. The minimum atomic E-state index is -3.90. The molecule has 4 N–H and O–H groups in total. The number of aliphatic hydroxyl groups excluding tert-OH is 2. The second kappa shape index (κ2) is 6.10. The minimum absolute atomic E-state index is 0.153. The van der Waals surface area contributed by atoms with Crippen LogP contribution in [0.2, 0.25) is 0 Å². The fraction of sp³-hybridized carbons (Fsp3) is 0.400. The summed E-state index contributed by atoms with van der Waals surface area (Å²) in [5, 5.41) is 17.6. The van der Waals surface area contributed by atoms with Crippen LogP contribution in [0.5, 0.6) is 0 Å². The van der Waals surface area contributed by atoms with E-state index in [4.69, 9.17) is 15.9 Å². The van der Waals surface area contributed by atoms with E-state index in [1.807, 2.05) is 0 Å². The highest BCUT2D eigenvalue weighted by Crippen LogP contribution is 2.20. The molecule has 0 saturated carbocycles. The third-order valence-corrected chi connectivity index (χ3v) is 4.20. The molecule has 1 aromatic rings. The highest BCUT2D eigenvalue weighted by molar-refractivity contribution is 7.89. The van der Waals surface area contributed by atoms with Crippen molar-refractivity contribution in [1.82, 2.24) is 4.31 Å². The molecule has 6 nitrogen and oxygen atoms in total. The van der Waals surface area contributed by atoms with Crippen LogP contribution in [0.25, 0.3) is 0 Å². The Kier molecular flexibility index (Phi) is 5.03. The fourth-order valence-corrected chi connectivity index (χ4v) is 2.86. The summed E-state index contributed by atoms with van der Waals surface area (Å²) in [6.07, 6.45) is 0. The second-order valence-electron chi connectivity index (χ2n) is 3.53. The van der Waals surface area contributed by atoms with Gasteiger partial charge in [-0.25, -0.2) is 12.8 Å². The lowest BCUT2D eigenvalue weighted by Gasteiger charge is -2.20. The maximum atomic E-state index is 13.0. The van der Waals surface area contributed by atoms with E-state index in [-0.39, 0.29) is 36.9 Å². The quantitative estimate of drug-likeness (QED) is 0.602. The first-order valence-corrected chi connectivity index (χ1v) is 6.64. The summed E-state index contributed by atoms with van der Waals surface area (Å²) in [6, 6.07) is 3.05. The molecule has 0 aliphatic rings. The zero-order chi connectivity index (χ0) is 13.8. The van der Waals surface area contributed by atoms with Gasteiger partial charge in [-0.05, 0) is 18.2 Å². The van der Waals surface area contributed by atoms with Gasteiger partial charge in [-0.1, -0.05) is 0 Å². The van der Waals surface area contributed by atoms with Gasteiger partial charge in [0.2, 0.25) is 10.0 Å². The van der Waals surface area contributed by atoms with E-state index < -0.39 is 15.8 Å². The molecule has 0 spiro atoms. The van der Waals surface area contributed by atoms with E-state index in [9.17, 15) is 12.8 Å². The van der Waals surface area contributed by atoms with Crippen molar-refractivity contribution in [2.75, 3.05) is 32.0 Å². The Morgan fingerprint density at radius 1 is 1.22 bits per heavy atom. The molecule has 18 heavy (non-hydrogen) atoms. The van der Waals surface area contributed by atoms with E-state index in [1.54, 1.807) is 0 Å². The molecule has 0 atom stereocenters. The predicted octanol–water partition coefficient (Wildman–Crippen LogP) is -0.617. The zero-order valence-electron chi connectivity index (χ0n) is 9.58. The van der Waals surface area contributed by atoms with E-state index in [2.05, 4.69) is 0 Å². The molecule has 0 heterocycles. The summed E-state index contributed by atoms with van der Waals surface area (Å²) in [5.41, 5.74) is 5.03. The maximum absolute atomic E-state index is 13.0. The molecule has 0 aliphatic heterocycles. The van der Waals surface area contributed by atoms with Crippen LogP contribution in [0.15, 0.2) is 23.1 Å². The summed E-state index contributed by atoms with van der Waals surface area (Å²) in [5.74, 6) is -0.704. The monoisotopic (exact) mass is 278 g/mol. The number of nitrogen functional groups attached to an aromatic ring is 1. The summed E-state index contributed by atoms with van der Waals surface area (Å²) in [4.78, 5) is -0.177. The Hall–Kier alpha value is -1.22. The Morgan fingerprint density at radius 2 is 1.78 bits per heavy atom. The maximum Gasteiger partial charge on any atom is 0.243 e. The van der Waals surface area contributed by atoms with Gasteiger partial charge in [0.25, 0.3) is 0 Å². The number of aliphatic hydroxyl groups is 2. The first-order chi connectivity index (χ1) is 8.43. The molecule has 0 bridgehead atoms. The summed E-state index contributed by atoms with van der Waals surface area (Å²) < 4.78 is 38.1. The van der Waals surface area contributed by atoms with Crippen molar-refractivity contribution >= 4 is 15.7 Å². The van der Waals surface area contributed by atoms with Crippen LogP contribution in [-0.4, -0.2) is 49.2 Å². The zero-order valence-corrected chi connectivity index (χ0v) is 10.4. The predicted molar refractivity (Wildman–Crippen MR) is 63.7 cm³/mol. The van der Waals surface area contributed by atoms with Crippen LogP contribution in [0, 0.1) is 5.82 Å². The Labute approximate surface area is 105 Å². The van der Waals surface area contributed by atoms with Gasteiger partial charge in [0.05, 0.1) is 23.8 Å². The molecule has 1 aromatic carbocycles. The third-order valence-electron chi connectivity index (χ3n) is 2.30. The van der Waals surface area contributed by atoms with Gasteiger partial charge in [-0.3, -0.25) is 0 Å². The topological polar surface area (TPSA) is 104 Å². The lowest BCUT2D eigenvalue weighted by Crippen LogP contribution is -2.35. The molecule has 8 heteroatoms. The minimum Gasteiger partial charge on any atom is -0.396 e. The van der Waals surface area contributed by atoms with Crippen LogP contribution in [-0.2, 0) is 10.0 Å². The van der Waals surface area contributed by atoms with E-state index in [0.717, 1.165) is 22.5 Å². The third kappa shape index (κ3) is 3.16. The highest BCUT2D eigenvalue weighted by atomic mass is 32.2. The van der Waals surface area contributed by atoms with Gasteiger partial charge in [0.1, 0.15) is 5.82 Å². The van der Waals surface area contributed by atoms with Gasteiger partial charge in [0.15, 0.2) is 0 Å². The molecule has 0 radical (unpaired) electrons. The Morgan fingerprint density at radius 3 is 2.22 bits per heavy atom. The molecule has 1 rings (SSSR count). The number of hydrogen-bond donors (Lipinski definition) is 3. The molecule has 0 aromatic heterocycles. The fourth-order valence-electron chi connectivity index (χ4n) is 1.41. The van der Waals surface area contributed by atoms with E-state index in [0.29, 0.717) is 0 Å². The van der Waals surface area contributed by atoms with Crippen LogP contribution in [0.3, 0.4) is 0 Å². The first kappa shape index (κ1) is 14.8. The smallest absolute Gasteiger partial charge is 0.243 e. The number of anilines is 1. The lowest BCUT2D eigenvalue weighted by molar-refractivity contribution is 0.217. The second-order valence-corrected chi connectivity index (χ2v) is 5.47. The Balaban J connectivity index is 3.13. The molecule has 0 aliphatic carbocycles. The van der Waals surface area contributed by atoms with Crippen molar-refractivity contribution in [3.05, 3.63) is 24.0 Å². The summed E-state index contributed by atoms with van der Waals surface area (Å²) in [6.45, 7) is -1.06. The average Bonchev–Trinajstić information content (AvgIpc) is 2.32. The number of benzene rings is 1. The van der Waals surface area contributed by atoms with Crippen molar-refractivity contribution < 1.29 is 23.0 Å². The van der Waals surface area contributed by atoms with Gasteiger partial charge in [-0.2, -0.15) is 4.31 Å². The largest absolute Gasteiger partial charge is 0.396 e. The number of sulfonamides is 1. The van der Waals surface area contributed by atoms with Gasteiger partial charge >= 0.3 is 0 Å². The molecular formula is C10H15FN2O4S. The SMILES string of the molecule is Nc1cc(S(=O)(=O)N(CCO)CCO)ccc1F. The first-order valence-electron chi connectivity index (χ1n) is 5.20. The number of hydrogen-bond acceptors (Lipinski definition) is 5. The van der Waals surface area contributed by atoms with Crippen LogP contribution >= 0.6 is 0 Å². The number of nitrogens with two attached hydrogens (primary N) is 1. The number of halogens is 1. The summed E-state index contributed by atoms with van der Waals surface area (Å²) >= 11 is 0. The van der Waals surface area contributed by atoms with Gasteiger partial charge < -0.3 is 15.9 Å². The molecule has 0 amide bonds. The van der Waals surface area contributed by atoms with Crippen molar-refractivity contribution in [3.8, 4) is 0 Å². The standard InChI is InChI=1S/C10H15FN2O4S/c11-9-2-1-8(7-10(9)12)18(16,17)13(3-5-14)4-6-15/h1-2,7,14-15H,3-6,12H2. The van der Waals surface area contributed by atoms with Crippen molar-refractivity contribution in [1.29, 1.82) is 0 Å². The molecule has 102 valence electrons. The van der Waals surface area contributed by atoms with Crippen LogP contribution in [0.1, 0.15) is 0 Å². The van der Waals surface area contributed by atoms with E-state index in [1.165, 1.54) is 0 Å². The number of rotatable bonds is 6. The van der Waals surface area contributed by atoms with Crippen molar-refractivity contribution in [2.24, 2.45) is 0 Å². The molecule has 0 fully saturated rings. The van der Waals surface area contributed by atoms with Crippen molar-refractivity contribution in [2.45, 2.75) is 4.90 Å². The molecule has 0 saturated heterocycles. The Bertz CT molecular complexity index is 501. The van der Waals surface area contributed by atoms with Crippen molar-refractivity contribution in [3.63, 3.8) is 0 Å². The van der Waals surface area contributed by atoms with Crippen LogP contribution < -0.4 is 5.73 Å². The normalized spacial score (nSPS) is 12.0. The average molecular weight is 278 g/mol.